The third-order valence-corrected chi connectivity index (χ3v) is 6.31. The van der Waals surface area contributed by atoms with Gasteiger partial charge in [-0.2, -0.15) is 0 Å². The van der Waals surface area contributed by atoms with Gasteiger partial charge in [0, 0.05) is 17.6 Å². The van der Waals surface area contributed by atoms with E-state index in [1.165, 1.54) is 6.07 Å². The molecule has 26 heavy (non-hydrogen) atoms. The molecular formula is C19H23ClN2O3S. The van der Waals surface area contributed by atoms with Gasteiger partial charge in [0.05, 0.1) is 12.0 Å². The Bertz CT molecular complexity index is 834. The third-order valence-electron chi connectivity index (χ3n) is 4.66. The summed E-state index contributed by atoms with van der Waals surface area (Å²) in [4.78, 5) is 2.50. The summed E-state index contributed by atoms with van der Waals surface area (Å²) >= 11 is 5.93. The van der Waals surface area contributed by atoms with Gasteiger partial charge in [-0.25, -0.2) is 13.1 Å². The molecule has 0 unspecified atom stereocenters. The fraction of sp³-hybridized carbons (Fsp3) is 0.368. The van der Waals surface area contributed by atoms with Gasteiger partial charge < -0.3 is 4.74 Å². The minimum atomic E-state index is -3.61. The van der Waals surface area contributed by atoms with E-state index in [1.54, 1.807) is 25.3 Å². The summed E-state index contributed by atoms with van der Waals surface area (Å²) in [5, 5.41) is 0.402. The van der Waals surface area contributed by atoms with Gasteiger partial charge >= 0.3 is 0 Å². The summed E-state index contributed by atoms with van der Waals surface area (Å²) < 4.78 is 33.2. The van der Waals surface area contributed by atoms with Gasteiger partial charge in [0.1, 0.15) is 5.75 Å². The maximum atomic E-state index is 12.6. The Balaban J connectivity index is 1.79. The topological polar surface area (TPSA) is 58.6 Å². The van der Waals surface area contributed by atoms with Crippen LogP contribution in [0.4, 0.5) is 0 Å². The molecule has 3 rings (SSSR count). The highest BCUT2D eigenvalue weighted by Crippen LogP contribution is 2.27. The van der Waals surface area contributed by atoms with Crippen LogP contribution in [0.1, 0.15) is 24.4 Å². The standard InChI is InChI=1S/C19H23ClN2O3S/c1-25-17-9-7-15(8-10-17)19(22-11-2-3-12-22)14-21-26(23,24)18-6-4-5-16(20)13-18/h4-10,13,19,21H,2-3,11-12,14H2,1H3/t19-/m0/s1. The van der Waals surface area contributed by atoms with Crippen molar-refractivity contribution in [1.29, 1.82) is 0 Å². The summed E-state index contributed by atoms with van der Waals surface area (Å²) in [6.45, 7) is 2.24. The monoisotopic (exact) mass is 394 g/mol. The summed E-state index contributed by atoms with van der Waals surface area (Å²) in [6, 6.07) is 14.1. The van der Waals surface area contributed by atoms with Crippen LogP contribution in [0.25, 0.3) is 0 Å². The molecule has 0 spiro atoms. The molecule has 0 amide bonds. The van der Waals surface area contributed by atoms with E-state index in [0.717, 1.165) is 37.2 Å². The molecule has 0 aliphatic carbocycles. The number of nitrogens with one attached hydrogen (secondary N) is 1. The molecule has 0 aromatic heterocycles. The Labute approximate surface area is 160 Å². The first-order chi connectivity index (χ1) is 12.5. The molecule has 1 aliphatic rings. The maximum Gasteiger partial charge on any atom is 0.240 e. The highest BCUT2D eigenvalue weighted by molar-refractivity contribution is 7.89. The second-order valence-corrected chi connectivity index (χ2v) is 8.54. The zero-order valence-corrected chi connectivity index (χ0v) is 16.3. The van der Waals surface area contributed by atoms with Gasteiger partial charge in [0.25, 0.3) is 0 Å². The van der Waals surface area contributed by atoms with Gasteiger partial charge in [-0.3, -0.25) is 4.90 Å². The molecule has 5 nitrogen and oxygen atoms in total. The van der Waals surface area contributed by atoms with Crippen LogP contribution >= 0.6 is 11.6 Å². The van der Waals surface area contributed by atoms with Gasteiger partial charge in [-0.15, -0.1) is 0 Å². The maximum absolute atomic E-state index is 12.6. The Kier molecular flexibility index (Phi) is 6.19. The number of likely N-dealkylation sites (tertiary alicyclic amines) is 1. The minimum absolute atomic E-state index is 0.0163. The number of rotatable bonds is 7. The molecule has 1 heterocycles. The molecule has 0 saturated carbocycles. The fourth-order valence-corrected chi connectivity index (χ4v) is 4.58. The largest absolute Gasteiger partial charge is 0.497 e. The Morgan fingerprint density at radius 1 is 1.15 bits per heavy atom. The van der Waals surface area contributed by atoms with Crippen LogP contribution in [0.15, 0.2) is 53.4 Å². The summed E-state index contributed by atoms with van der Waals surface area (Å²) in [7, 11) is -1.98. The number of halogens is 1. The van der Waals surface area contributed by atoms with Crippen LogP contribution in [0, 0.1) is 0 Å². The van der Waals surface area contributed by atoms with Gasteiger partial charge in [-0.05, 0) is 61.8 Å². The van der Waals surface area contributed by atoms with Crippen LogP contribution in [0.3, 0.4) is 0 Å². The molecule has 0 radical (unpaired) electrons. The van der Waals surface area contributed by atoms with Crippen molar-refractivity contribution >= 4 is 21.6 Å². The van der Waals surface area contributed by atoms with Crippen molar-refractivity contribution in [3.63, 3.8) is 0 Å². The summed E-state index contributed by atoms with van der Waals surface area (Å²) in [5.74, 6) is 0.786. The van der Waals surface area contributed by atoms with Crippen LogP contribution in [-0.4, -0.2) is 40.1 Å². The quantitative estimate of drug-likeness (QED) is 0.781. The Hall–Kier alpha value is -1.60. The van der Waals surface area contributed by atoms with Crippen molar-refractivity contribution in [3.8, 4) is 5.75 Å². The average Bonchev–Trinajstić information content (AvgIpc) is 3.17. The number of methoxy groups -OCH3 is 1. The number of sulfonamides is 1. The molecule has 1 saturated heterocycles. The highest BCUT2D eigenvalue weighted by atomic mass is 35.5. The zero-order valence-electron chi connectivity index (χ0n) is 14.7. The Morgan fingerprint density at radius 2 is 1.85 bits per heavy atom. The molecule has 2 aromatic rings. The van der Waals surface area contributed by atoms with Crippen LogP contribution in [0.2, 0.25) is 5.02 Å². The minimum Gasteiger partial charge on any atom is -0.497 e. The summed E-state index contributed by atoms with van der Waals surface area (Å²) in [5.41, 5.74) is 1.07. The van der Waals surface area contributed by atoms with Crippen molar-refractivity contribution in [1.82, 2.24) is 9.62 Å². The predicted octanol–water partition coefficient (Wildman–Crippen LogP) is 3.46. The fourth-order valence-electron chi connectivity index (χ4n) is 3.24. The van der Waals surface area contributed by atoms with E-state index in [2.05, 4.69) is 9.62 Å². The first-order valence-corrected chi connectivity index (χ1v) is 10.5. The lowest BCUT2D eigenvalue weighted by molar-refractivity contribution is 0.246. The molecule has 2 aromatic carbocycles. The van der Waals surface area contributed by atoms with Crippen molar-refractivity contribution in [2.75, 3.05) is 26.7 Å². The van der Waals surface area contributed by atoms with Gasteiger partial charge in [-0.1, -0.05) is 29.8 Å². The number of ether oxygens (including phenoxy) is 1. The first kappa shape index (κ1) is 19.2. The number of hydrogen-bond donors (Lipinski definition) is 1. The number of hydrogen-bond acceptors (Lipinski definition) is 4. The van der Waals surface area contributed by atoms with Gasteiger partial charge in [0.15, 0.2) is 0 Å². The molecule has 1 atom stereocenters. The Morgan fingerprint density at radius 3 is 2.46 bits per heavy atom. The van der Waals surface area contributed by atoms with Crippen molar-refractivity contribution in [2.24, 2.45) is 0 Å². The van der Waals surface area contributed by atoms with Gasteiger partial charge in [0.2, 0.25) is 10.0 Å². The van der Waals surface area contributed by atoms with E-state index in [-0.39, 0.29) is 10.9 Å². The van der Waals surface area contributed by atoms with Crippen LogP contribution in [-0.2, 0) is 10.0 Å². The number of nitrogens with zero attached hydrogens (tertiary/aromatic N) is 1. The normalized spacial score (nSPS) is 16.5. The lowest BCUT2D eigenvalue weighted by Crippen LogP contribution is -2.36. The molecule has 0 bridgehead atoms. The lowest BCUT2D eigenvalue weighted by Gasteiger charge is -2.28. The second-order valence-electron chi connectivity index (χ2n) is 6.34. The van der Waals surface area contributed by atoms with Crippen molar-refractivity contribution in [2.45, 2.75) is 23.8 Å². The molecular weight excluding hydrogens is 372 g/mol. The van der Waals surface area contributed by atoms with Crippen molar-refractivity contribution in [3.05, 3.63) is 59.1 Å². The van der Waals surface area contributed by atoms with Crippen LogP contribution in [0.5, 0.6) is 5.75 Å². The van der Waals surface area contributed by atoms with Crippen LogP contribution < -0.4 is 9.46 Å². The van der Waals surface area contributed by atoms with E-state index in [1.807, 2.05) is 24.3 Å². The van der Waals surface area contributed by atoms with E-state index in [0.29, 0.717) is 11.6 Å². The predicted molar refractivity (Wildman–Crippen MR) is 103 cm³/mol. The molecule has 1 N–H and O–H groups in total. The average molecular weight is 395 g/mol. The smallest absolute Gasteiger partial charge is 0.240 e. The lowest BCUT2D eigenvalue weighted by atomic mass is 10.1. The highest BCUT2D eigenvalue weighted by Gasteiger charge is 2.25. The van der Waals surface area contributed by atoms with Crippen molar-refractivity contribution < 1.29 is 13.2 Å². The SMILES string of the molecule is COc1ccc([C@H](CNS(=O)(=O)c2cccc(Cl)c2)N2CCCC2)cc1. The van der Waals surface area contributed by atoms with E-state index in [9.17, 15) is 8.42 Å². The molecule has 1 fully saturated rings. The van der Waals surface area contributed by atoms with E-state index >= 15 is 0 Å². The van der Waals surface area contributed by atoms with E-state index in [4.69, 9.17) is 16.3 Å². The van der Waals surface area contributed by atoms with E-state index < -0.39 is 10.0 Å². The molecule has 7 heteroatoms. The molecule has 140 valence electrons. The first-order valence-electron chi connectivity index (χ1n) is 8.63. The zero-order chi connectivity index (χ0) is 18.6. The summed E-state index contributed by atoms with van der Waals surface area (Å²) in [6.07, 6.45) is 2.27. The number of benzene rings is 2. The second kappa shape index (κ2) is 8.39. The molecule has 1 aliphatic heterocycles. The third kappa shape index (κ3) is 4.57.